The molecule has 21 heavy (non-hydrogen) atoms. The van der Waals surface area contributed by atoms with Crippen LogP contribution in [0.5, 0.6) is 0 Å². The quantitative estimate of drug-likeness (QED) is 0.926. The highest BCUT2D eigenvalue weighted by atomic mass is 35.5. The van der Waals surface area contributed by atoms with Crippen LogP contribution in [0.4, 0.5) is 17.2 Å². The minimum atomic E-state index is 0.744. The third kappa shape index (κ3) is 2.90. The molecule has 0 aliphatic carbocycles. The van der Waals surface area contributed by atoms with Crippen molar-refractivity contribution in [2.24, 2.45) is 0 Å². The van der Waals surface area contributed by atoms with E-state index < -0.39 is 0 Å². The number of anilines is 3. The average molecular weight is 303 g/mol. The molecule has 110 valence electrons. The minimum absolute atomic E-state index is 0.744. The monoisotopic (exact) mass is 302 g/mol. The standard InChI is InChI=1S/C16H19ClN4/c1-12-10-16(19-11-14(12)18)21-8-6-20(7-9-21)15-5-3-2-4-13(15)17/h2-5,10-11H,6-9,18H2,1H3. The van der Waals surface area contributed by atoms with E-state index in [0.717, 1.165) is 54.0 Å². The summed E-state index contributed by atoms with van der Waals surface area (Å²) >= 11 is 6.27. The molecule has 0 atom stereocenters. The van der Waals surface area contributed by atoms with Gasteiger partial charge in [-0.05, 0) is 30.7 Å². The lowest BCUT2D eigenvalue weighted by Gasteiger charge is -2.37. The van der Waals surface area contributed by atoms with Crippen LogP contribution in [-0.4, -0.2) is 31.2 Å². The maximum Gasteiger partial charge on any atom is 0.129 e. The van der Waals surface area contributed by atoms with Crippen LogP contribution in [0.3, 0.4) is 0 Å². The van der Waals surface area contributed by atoms with Crippen LogP contribution >= 0.6 is 11.6 Å². The highest BCUT2D eigenvalue weighted by Crippen LogP contribution is 2.27. The number of nitrogens with two attached hydrogens (primary N) is 1. The molecule has 0 bridgehead atoms. The molecule has 1 aliphatic heterocycles. The van der Waals surface area contributed by atoms with Gasteiger partial charge in [-0.25, -0.2) is 4.98 Å². The number of halogens is 1. The van der Waals surface area contributed by atoms with E-state index in [2.05, 4.69) is 26.9 Å². The third-order valence-corrected chi connectivity index (χ3v) is 4.25. The van der Waals surface area contributed by atoms with Crippen molar-refractivity contribution in [3.05, 3.63) is 47.1 Å². The van der Waals surface area contributed by atoms with Gasteiger partial charge in [-0.3, -0.25) is 0 Å². The number of nitrogen functional groups attached to an aromatic ring is 1. The van der Waals surface area contributed by atoms with Crippen molar-refractivity contribution in [1.82, 2.24) is 4.98 Å². The minimum Gasteiger partial charge on any atom is -0.397 e. The molecule has 0 saturated carbocycles. The molecule has 2 aromatic rings. The van der Waals surface area contributed by atoms with Crippen LogP contribution in [0.15, 0.2) is 36.5 Å². The normalized spacial score (nSPS) is 15.3. The largest absolute Gasteiger partial charge is 0.397 e. The number of nitrogens with zero attached hydrogens (tertiary/aromatic N) is 3. The number of aryl methyl sites for hydroxylation is 1. The summed E-state index contributed by atoms with van der Waals surface area (Å²) in [5, 5.41) is 0.812. The molecule has 0 radical (unpaired) electrons. The van der Waals surface area contributed by atoms with E-state index in [1.165, 1.54) is 0 Å². The molecule has 5 heteroatoms. The lowest BCUT2D eigenvalue weighted by atomic mass is 10.2. The van der Waals surface area contributed by atoms with Crippen LogP contribution in [0.2, 0.25) is 5.02 Å². The molecular formula is C16H19ClN4. The summed E-state index contributed by atoms with van der Waals surface area (Å²) < 4.78 is 0. The topological polar surface area (TPSA) is 45.4 Å². The van der Waals surface area contributed by atoms with Crippen LogP contribution in [0.1, 0.15) is 5.56 Å². The Morgan fingerprint density at radius 3 is 2.43 bits per heavy atom. The van der Waals surface area contributed by atoms with Gasteiger partial charge in [0.25, 0.3) is 0 Å². The molecular weight excluding hydrogens is 284 g/mol. The van der Waals surface area contributed by atoms with Gasteiger partial charge < -0.3 is 15.5 Å². The maximum atomic E-state index is 6.27. The average Bonchev–Trinajstić information content (AvgIpc) is 2.51. The Hall–Kier alpha value is -1.94. The van der Waals surface area contributed by atoms with Gasteiger partial charge in [-0.15, -0.1) is 0 Å². The summed E-state index contributed by atoms with van der Waals surface area (Å²) in [5.74, 6) is 1.00. The second-order valence-electron chi connectivity index (χ2n) is 5.32. The summed E-state index contributed by atoms with van der Waals surface area (Å²) in [7, 11) is 0. The van der Waals surface area contributed by atoms with Crippen LogP contribution in [0.25, 0.3) is 0 Å². The molecule has 0 spiro atoms. The van der Waals surface area contributed by atoms with Gasteiger partial charge in [-0.1, -0.05) is 23.7 Å². The number of para-hydroxylation sites is 1. The molecule has 2 N–H and O–H groups in total. The fourth-order valence-corrected chi connectivity index (χ4v) is 2.86. The predicted molar refractivity (Wildman–Crippen MR) is 89.3 cm³/mol. The van der Waals surface area contributed by atoms with E-state index in [9.17, 15) is 0 Å². The second-order valence-corrected chi connectivity index (χ2v) is 5.73. The van der Waals surface area contributed by atoms with E-state index in [-0.39, 0.29) is 0 Å². The highest BCUT2D eigenvalue weighted by molar-refractivity contribution is 6.33. The zero-order valence-electron chi connectivity index (χ0n) is 12.1. The number of pyridine rings is 1. The fraction of sp³-hybridized carbons (Fsp3) is 0.312. The highest BCUT2D eigenvalue weighted by Gasteiger charge is 2.19. The smallest absolute Gasteiger partial charge is 0.129 e. The SMILES string of the molecule is Cc1cc(N2CCN(c3ccccc3Cl)CC2)ncc1N. The third-order valence-electron chi connectivity index (χ3n) is 3.93. The van der Waals surface area contributed by atoms with Gasteiger partial charge in [0.2, 0.25) is 0 Å². The van der Waals surface area contributed by atoms with Crippen molar-refractivity contribution in [2.45, 2.75) is 6.92 Å². The molecule has 4 nitrogen and oxygen atoms in total. The maximum absolute atomic E-state index is 6.27. The number of piperazine rings is 1. The van der Waals surface area contributed by atoms with Crippen molar-refractivity contribution >= 4 is 28.8 Å². The van der Waals surface area contributed by atoms with Crippen molar-refractivity contribution < 1.29 is 0 Å². The van der Waals surface area contributed by atoms with Gasteiger partial charge in [0.05, 0.1) is 22.6 Å². The summed E-state index contributed by atoms with van der Waals surface area (Å²) in [5.41, 5.74) is 8.76. The van der Waals surface area contributed by atoms with E-state index in [1.807, 2.05) is 25.1 Å². The lowest BCUT2D eigenvalue weighted by Crippen LogP contribution is -2.47. The second kappa shape index (κ2) is 5.82. The summed E-state index contributed by atoms with van der Waals surface area (Å²) in [6, 6.07) is 10.1. The first kappa shape index (κ1) is 14.0. The number of rotatable bonds is 2. The summed E-state index contributed by atoms with van der Waals surface area (Å²) in [4.78, 5) is 9.05. The Kier molecular flexibility index (Phi) is 3.88. The molecule has 1 fully saturated rings. The first-order valence-electron chi connectivity index (χ1n) is 7.11. The zero-order valence-corrected chi connectivity index (χ0v) is 12.8. The first-order valence-corrected chi connectivity index (χ1v) is 7.49. The molecule has 3 rings (SSSR count). The fourth-order valence-electron chi connectivity index (χ4n) is 2.61. The van der Waals surface area contributed by atoms with Gasteiger partial charge >= 0.3 is 0 Å². The van der Waals surface area contributed by atoms with E-state index in [4.69, 9.17) is 17.3 Å². The Morgan fingerprint density at radius 2 is 1.76 bits per heavy atom. The first-order chi connectivity index (χ1) is 10.1. The Labute approximate surface area is 130 Å². The zero-order chi connectivity index (χ0) is 14.8. The molecule has 0 unspecified atom stereocenters. The number of hydrogen-bond acceptors (Lipinski definition) is 4. The lowest BCUT2D eigenvalue weighted by molar-refractivity contribution is 0.647. The van der Waals surface area contributed by atoms with Crippen LogP contribution in [0, 0.1) is 6.92 Å². The Balaban J connectivity index is 1.70. The van der Waals surface area contributed by atoms with Crippen molar-refractivity contribution in [1.29, 1.82) is 0 Å². The predicted octanol–water partition coefficient (Wildman–Crippen LogP) is 2.95. The van der Waals surface area contributed by atoms with Crippen molar-refractivity contribution in [2.75, 3.05) is 41.7 Å². The number of benzene rings is 1. The number of aromatic nitrogens is 1. The van der Waals surface area contributed by atoms with E-state index in [1.54, 1.807) is 6.20 Å². The van der Waals surface area contributed by atoms with E-state index >= 15 is 0 Å². The number of hydrogen-bond donors (Lipinski definition) is 1. The molecule has 2 heterocycles. The molecule has 1 saturated heterocycles. The van der Waals surface area contributed by atoms with Gasteiger partial charge in [0.1, 0.15) is 5.82 Å². The molecule has 1 aliphatic rings. The van der Waals surface area contributed by atoms with E-state index in [0.29, 0.717) is 0 Å². The summed E-state index contributed by atoms with van der Waals surface area (Å²) in [6.45, 7) is 5.76. The molecule has 1 aromatic carbocycles. The summed E-state index contributed by atoms with van der Waals surface area (Å²) in [6.07, 6.45) is 1.74. The van der Waals surface area contributed by atoms with Crippen molar-refractivity contribution in [3.63, 3.8) is 0 Å². The van der Waals surface area contributed by atoms with Gasteiger partial charge in [0, 0.05) is 26.2 Å². The molecule has 0 amide bonds. The van der Waals surface area contributed by atoms with Crippen LogP contribution in [-0.2, 0) is 0 Å². The Bertz CT molecular complexity index is 636. The Morgan fingerprint density at radius 1 is 1.10 bits per heavy atom. The van der Waals surface area contributed by atoms with Gasteiger partial charge in [-0.2, -0.15) is 0 Å². The van der Waals surface area contributed by atoms with Crippen molar-refractivity contribution in [3.8, 4) is 0 Å². The van der Waals surface area contributed by atoms with Gasteiger partial charge in [0.15, 0.2) is 0 Å². The molecule has 1 aromatic heterocycles. The van der Waals surface area contributed by atoms with Crippen LogP contribution < -0.4 is 15.5 Å².